The SMILES string of the molecule is Cc1ccccc1CN(C(=O)C(=O)Nc1cnc(N)c2cn[nH]c12)C(C)C.Cc1ccccc1CN(C(=O)C(N)=O)C(C)C. The van der Waals surface area contributed by atoms with Crippen LogP contribution in [0, 0.1) is 13.8 Å². The Morgan fingerprint density at radius 1 is 0.818 bits per heavy atom. The number of hydrogen-bond donors (Lipinski definition) is 4. The first-order valence-corrected chi connectivity index (χ1v) is 14.2. The molecule has 0 fully saturated rings. The highest BCUT2D eigenvalue weighted by atomic mass is 16.2. The highest BCUT2D eigenvalue weighted by Crippen LogP contribution is 2.24. The first-order chi connectivity index (χ1) is 20.8. The number of aromatic amines is 1. The normalized spacial score (nSPS) is 10.7. The summed E-state index contributed by atoms with van der Waals surface area (Å²) in [4.78, 5) is 55.0. The average molecular weight is 601 g/mol. The van der Waals surface area contributed by atoms with Crippen molar-refractivity contribution in [3.8, 4) is 0 Å². The number of benzene rings is 2. The van der Waals surface area contributed by atoms with E-state index in [4.69, 9.17) is 11.5 Å². The van der Waals surface area contributed by atoms with Crippen molar-refractivity contribution in [3.63, 3.8) is 0 Å². The summed E-state index contributed by atoms with van der Waals surface area (Å²) in [5, 5.41) is 9.87. The first kappa shape index (κ1) is 33.2. The molecule has 0 radical (unpaired) electrons. The van der Waals surface area contributed by atoms with E-state index in [9.17, 15) is 19.2 Å². The standard InChI is InChI=1S/C19H22N6O2.C13H18N2O2/c1-11(2)25(10-13-7-5-4-6-12(13)3)19(27)18(26)23-15-9-21-17(20)14-8-22-24-16(14)15;1-9(2)15(13(17)12(14)16)8-11-7-5-4-6-10(11)3/h4-9,11H,10H2,1-3H3,(H2,20,21)(H,22,24)(H,23,26);4-7,9H,8H2,1-3H3,(H2,14,16). The maximum Gasteiger partial charge on any atom is 0.314 e. The molecule has 2 aromatic heterocycles. The van der Waals surface area contributed by atoms with Crippen molar-refractivity contribution in [2.45, 2.75) is 66.7 Å². The van der Waals surface area contributed by atoms with Gasteiger partial charge in [-0.1, -0.05) is 48.5 Å². The van der Waals surface area contributed by atoms with E-state index in [1.165, 1.54) is 22.2 Å². The zero-order chi connectivity index (χ0) is 32.6. The fourth-order valence-electron chi connectivity index (χ4n) is 4.42. The van der Waals surface area contributed by atoms with E-state index in [0.717, 1.165) is 22.3 Å². The Hall–Kier alpha value is -5.26. The molecule has 2 heterocycles. The van der Waals surface area contributed by atoms with Gasteiger partial charge in [-0.2, -0.15) is 5.10 Å². The summed E-state index contributed by atoms with van der Waals surface area (Å²) in [6.45, 7) is 12.2. The number of nitrogen functional groups attached to an aromatic ring is 1. The van der Waals surface area contributed by atoms with Gasteiger partial charge < -0.3 is 26.6 Å². The number of amides is 4. The molecule has 0 saturated heterocycles. The van der Waals surface area contributed by atoms with Crippen LogP contribution < -0.4 is 16.8 Å². The van der Waals surface area contributed by atoms with Gasteiger partial charge in [0.15, 0.2) is 0 Å². The lowest BCUT2D eigenvalue weighted by atomic mass is 10.1. The minimum absolute atomic E-state index is 0.0605. The number of carbonyl (C=O) groups excluding carboxylic acids is 4. The Morgan fingerprint density at radius 2 is 1.32 bits per heavy atom. The topological polar surface area (TPSA) is 180 Å². The zero-order valence-corrected chi connectivity index (χ0v) is 25.9. The third-order valence-corrected chi connectivity index (χ3v) is 7.14. The van der Waals surface area contributed by atoms with Gasteiger partial charge >= 0.3 is 23.6 Å². The molecule has 2 aromatic carbocycles. The van der Waals surface area contributed by atoms with E-state index < -0.39 is 23.6 Å². The molecule has 0 aliphatic heterocycles. The van der Waals surface area contributed by atoms with Crippen molar-refractivity contribution < 1.29 is 19.2 Å². The Labute approximate surface area is 256 Å². The summed E-state index contributed by atoms with van der Waals surface area (Å²) >= 11 is 0. The third-order valence-electron chi connectivity index (χ3n) is 7.14. The molecule has 12 heteroatoms. The van der Waals surface area contributed by atoms with Gasteiger partial charge in [-0.15, -0.1) is 0 Å². The van der Waals surface area contributed by atoms with E-state index >= 15 is 0 Å². The number of nitrogens with two attached hydrogens (primary N) is 2. The van der Waals surface area contributed by atoms with E-state index in [0.29, 0.717) is 35.5 Å². The molecule has 0 spiro atoms. The van der Waals surface area contributed by atoms with E-state index in [2.05, 4.69) is 20.5 Å². The van der Waals surface area contributed by atoms with Crippen molar-refractivity contribution in [3.05, 3.63) is 83.2 Å². The summed E-state index contributed by atoms with van der Waals surface area (Å²) in [6, 6.07) is 15.4. The maximum absolute atomic E-state index is 12.8. The quantitative estimate of drug-likeness (QED) is 0.234. The second-order valence-electron chi connectivity index (χ2n) is 10.9. The molecule has 6 N–H and O–H groups in total. The van der Waals surface area contributed by atoms with E-state index in [1.807, 2.05) is 90.1 Å². The highest BCUT2D eigenvalue weighted by Gasteiger charge is 2.26. The molecule has 0 atom stereocenters. The number of aromatic nitrogens is 3. The largest absolute Gasteiger partial charge is 0.383 e. The lowest BCUT2D eigenvalue weighted by Gasteiger charge is -2.27. The molecule has 44 heavy (non-hydrogen) atoms. The summed E-state index contributed by atoms with van der Waals surface area (Å²) in [6.07, 6.45) is 2.93. The molecule has 0 aliphatic rings. The number of nitrogens with one attached hydrogen (secondary N) is 2. The van der Waals surface area contributed by atoms with Gasteiger partial charge in [0.1, 0.15) is 5.82 Å². The number of fused-ring (bicyclic) bond motifs is 1. The Kier molecular flexibility index (Phi) is 11.2. The monoisotopic (exact) mass is 600 g/mol. The summed E-state index contributed by atoms with van der Waals surface area (Å²) in [5.41, 5.74) is 15.9. The number of H-pyrrole nitrogens is 1. The average Bonchev–Trinajstić information content (AvgIpc) is 3.48. The minimum atomic E-state index is -0.910. The van der Waals surface area contributed by atoms with Crippen LogP contribution >= 0.6 is 0 Å². The Bertz CT molecular complexity index is 1650. The third kappa shape index (κ3) is 8.18. The molecule has 0 unspecified atom stereocenters. The van der Waals surface area contributed by atoms with Gasteiger partial charge in [0.2, 0.25) is 0 Å². The summed E-state index contributed by atoms with van der Waals surface area (Å²) in [5.74, 6) is -2.60. The number of primary amides is 1. The van der Waals surface area contributed by atoms with Gasteiger partial charge in [0, 0.05) is 25.2 Å². The highest BCUT2D eigenvalue weighted by molar-refractivity contribution is 6.40. The van der Waals surface area contributed by atoms with Crippen LogP contribution in [0.5, 0.6) is 0 Å². The predicted molar refractivity (Wildman–Crippen MR) is 170 cm³/mol. The van der Waals surface area contributed by atoms with Gasteiger partial charge in [-0.25, -0.2) is 4.98 Å². The predicted octanol–water partition coefficient (Wildman–Crippen LogP) is 3.44. The van der Waals surface area contributed by atoms with Crippen LogP contribution in [-0.4, -0.2) is 60.7 Å². The molecular weight excluding hydrogens is 560 g/mol. The van der Waals surface area contributed by atoms with Crippen LogP contribution in [0.3, 0.4) is 0 Å². The number of carbonyl (C=O) groups is 4. The lowest BCUT2D eigenvalue weighted by Crippen LogP contribution is -2.43. The number of pyridine rings is 1. The van der Waals surface area contributed by atoms with Gasteiger partial charge in [-0.3, -0.25) is 24.3 Å². The minimum Gasteiger partial charge on any atom is -0.383 e. The second-order valence-corrected chi connectivity index (χ2v) is 10.9. The van der Waals surface area contributed by atoms with Crippen molar-refractivity contribution in [2.24, 2.45) is 5.73 Å². The Balaban J connectivity index is 0.000000269. The molecule has 0 aliphatic carbocycles. The van der Waals surface area contributed by atoms with Crippen LogP contribution in [0.2, 0.25) is 0 Å². The van der Waals surface area contributed by atoms with Crippen molar-refractivity contribution >= 4 is 46.0 Å². The van der Waals surface area contributed by atoms with Crippen LogP contribution in [0.25, 0.3) is 10.9 Å². The van der Waals surface area contributed by atoms with Crippen LogP contribution in [0.1, 0.15) is 49.9 Å². The number of hydrogen-bond acceptors (Lipinski definition) is 7. The van der Waals surface area contributed by atoms with Crippen molar-refractivity contribution in [1.29, 1.82) is 0 Å². The lowest BCUT2D eigenvalue weighted by molar-refractivity contribution is -0.145. The maximum atomic E-state index is 12.8. The number of nitrogens with zero attached hydrogens (tertiary/aromatic N) is 4. The first-order valence-electron chi connectivity index (χ1n) is 14.2. The van der Waals surface area contributed by atoms with Crippen LogP contribution in [0.4, 0.5) is 11.5 Å². The Morgan fingerprint density at radius 3 is 1.80 bits per heavy atom. The van der Waals surface area contributed by atoms with Crippen molar-refractivity contribution in [2.75, 3.05) is 11.1 Å². The molecule has 0 saturated carbocycles. The number of anilines is 2. The molecule has 0 bridgehead atoms. The molecule has 232 valence electrons. The molecule has 12 nitrogen and oxygen atoms in total. The van der Waals surface area contributed by atoms with Gasteiger partial charge in [-0.05, 0) is 63.8 Å². The van der Waals surface area contributed by atoms with Gasteiger partial charge in [0.25, 0.3) is 0 Å². The molecule has 4 amide bonds. The smallest absolute Gasteiger partial charge is 0.314 e. The fourth-order valence-corrected chi connectivity index (χ4v) is 4.42. The van der Waals surface area contributed by atoms with E-state index in [-0.39, 0.29) is 12.1 Å². The summed E-state index contributed by atoms with van der Waals surface area (Å²) < 4.78 is 0. The zero-order valence-electron chi connectivity index (χ0n) is 25.9. The molecule has 4 rings (SSSR count). The van der Waals surface area contributed by atoms with E-state index in [1.54, 1.807) is 0 Å². The number of aryl methyl sites for hydroxylation is 2. The summed E-state index contributed by atoms with van der Waals surface area (Å²) in [7, 11) is 0. The van der Waals surface area contributed by atoms with Crippen LogP contribution in [-0.2, 0) is 32.3 Å². The molecular formula is C32H40N8O4. The van der Waals surface area contributed by atoms with Crippen molar-refractivity contribution in [1.82, 2.24) is 25.0 Å². The molecule has 4 aromatic rings. The van der Waals surface area contributed by atoms with Crippen LogP contribution in [0.15, 0.2) is 60.9 Å². The fraction of sp³-hybridized carbons (Fsp3) is 0.312. The van der Waals surface area contributed by atoms with Gasteiger partial charge in [0.05, 0.1) is 29.0 Å². The number of rotatable bonds is 7. The second kappa shape index (κ2) is 14.8.